The van der Waals surface area contributed by atoms with Crippen molar-refractivity contribution in [2.24, 2.45) is 0 Å². The zero-order chi connectivity index (χ0) is 16.6. The van der Waals surface area contributed by atoms with Gasteiger partial charge in [-0.05, 0) is 17.7 Å². The van der Waals surface area contributed by atoms with Crippen LogP contribution in [0, 0.1) is 0 Å². The molecule has 1 N–H and O–H groups in total. The van der Waals surface area contributed by atoms with Crippen LogP contribution in [0.25, 0.3) is 27.6 Å². The van der Waals surface area contributed by atoms with E-state index in [1.54, 1.807) is 24.8 Å². The molecule has 25 heavy (non-hydrogen) atoms. The van der Waals surface area contributed by atoms with E-state index in [1.807, 2.05) is 41.2 Å². The predicted molar refractivity (Wildman–Crippen MR) is 95.2 cm³/mol. The minimum absolute atomic E-state index is 0.634. The lowest BCUT2D eigenvalue weighted by Gasteiger charge is -2.09. The molecule has 0 aliphatic carbocycles. The van der Waals surface area contributed by atoms with E-state index in [-0.39, 0.29) is 0 Å². The van der Waals surface area contributed by atoms with Gasteiger partial charge in [-0.3, -0.25) is 19.4 Å². The summed E-state index contributed by atoms with van der Waals surface area (Å²) in [7, 11) is 0. The predicted octanol–water partition coefficient (Wildman–Crippen LogP) is 2.83. The topological polar surface area (TPSA) is 80.9 Å². The molecule has 0 amide bonds. The summed E-state index contributed by atoms with van der Waals surface area (Å²) < 4.78 is 1.94. The first-order valence-electron chi connectivity index (χ1n) is 7.88. The molecule has 0 saturated heterocycles. The molecule has 0 bridgehead atoms. The first-order valence-corrected chi connectivity index (χ1v) is 7.88. The summed E-state index contributed by atoms with van der Waals surface area (Å²) in [5.74, 6) is 0.776. The minimum Gasteiger partial charge on any atom is -0.365 e. The van der Waals surface area contributed by atoms with E-state index in [4.69, 9.17) is 4.98 Å². The van der Waals surface area contributed by atoms with Crippen molar-refractivity contribution < 1.29 is 0 Å². The number of nitrogens with zero attached hydrogens (tertiary/aromatic N) is 6. The summed E-state index contributed by atoms with van der Waals surface area (Å²) in [6, 6.07) is 5.91. The van der Waals surface area contributed by atoms with Crippen LogP contribution in [-0.4, -0.2) is 29.3 Å². The lowest BCUT2D eigenvalue weighted by atomic mass is 10.2. The number of nitrogens with one attached hydrogen (secondary N) is 1. The third kappa shape index (κ3) is 2.25. The molecule has 0 aliphatic heterocycles. The van der Waals surface area contributed by atoms with E-state index in [0.717, 1.165) is 39.0 Å². The zero-order valence-electron chi connectivity index (χ0n) is 13.2. The molecule has 0 atom stereocenters. The molecular weight excluding hydrogens is 314 g/mol. The van der Waals surface area contributed by atoms with E-state index in [9.17, 15) is 0 Å². The Kier molecular flexibility index (Phi) is 3.03. The number of aromatic nitrogens is 6. The van der Waals surface area contributed by atoms with Crippen LogP contribution in [0.3, 0.4) is 0 Å². The van der Waals surface area contributed by atoms with E-state index >= 15 is 0 Å². The van der Waals surface area contributed by atoms with Gasteiger partial charge in [-0.15, -0.1) is 0 Å². The molecule has 5 heterocycles. The fourth-order valence-electron chi connectivity index (χ4n) is 2.96. The third-order valence-electron chi connectivity index (χ3n) is 4.14. The van der Waals surface area contributed by atoms with Crippen molar-refractivity contribution in [2.75, 3.05) is 5.32 Å². The SMILES string of the molecule is c1cncc(CNc2nc3c(nc4cnccn43)c3ccncc23)c1. The molecule has 5 rings (SSSR count). The normalized spacial score (nSPS) is 11.4. The molecular formula is C18H13N7. The fraction of sp³-hybridized carbons (Fsp3) is 0.0556. The van der Waals surface area contributed by atoms with Gasteiger partial charge in [0.1, 0.15) is 11.3 Å². The second kappa shape index (κ2) is 5.48. The maximum Gasteiger partial charge on any atom is 0.167 e. The molecule has 0 unspecified atom stereocenters. The molecule has 0 spiro atoms. The van der Waals surface area contributed by atoms with Gasteiger partial charge in [0.15, 0.2) is 11.3 Å². The Morgan fingerprint density at radius 2 is 1.80 bits per heavy atom. The fourth-order valence-corrected chi connectivity index (χ4v) is 2.96. The maximum atomic E-state index is 4.81. The Balaban J connectivity index is 1.72. The largest absolute Gasteiger partial charge is 0.365 e. The summed E-state index contributed by atoms with van der Waals surface area (Å²) in [5.41, 5.74) is 3.50. The van der Waals surface area contributed by atoms with Crippen LogP contribution in [0.1, 0.15) is 5.56 Å². The molecule has 5 aromatic heterocycles. The molecule has 120 valence electrons. The van der Waals surface area contributed by atoms with E-state index in [0.29, 0.717) is 6.54 Å². The molecule has 5 aromatic rings. The molecule has 7 heteroatoms. The molecule has 0 saturated carbocycles. The van der Waals surface area contributed by atoms with Crippen molar-refractivity contribution in [2.45, 2.75) is 6.54 Å². The van der Waals surface area contributed by atoms with Crippen LogP contribution in [0.15, 0.2) is 61.6 Å². The lowest BCUT2D eigenvalue weighted by Crippen LogP contribution is -2.03. The van der Waals surface area contributed by atoms with Gasteiger partial charge in [-0.2, -0.15) is 0 Å². The van der Waals surface area contributed by atoms with Gasteiger partial charge in [-0.1, -0.05) is 6.07 Å². The Labute approximate surface area is 142 Å². The highest BCUT2D eigenvalue weighted by molar-refractivity contribution is 6.08. The summed E-state index contributed by atoms with van der Waals surface area (Å²) in [6.07, 6.45) is 12.5. The average molecular weight is 327 g/mol. The first-order chi connectivity index (χ1) is 12.4. The van der Waals surface area contributed by atoms with Crippen molar-refractivity contribution in [3.05, 3.63) is 67.1 Å². The average Bonchev–Trinajstić information content (AvgIpc) is 3.06. The number of hydrogen-bond donors (Lipinski definition) is 1. The first kappa shape index (κ1) is 13.8. The van der Waals surface area contributed by atoms with Crippen molar-refractivity contribution in [1.82, 2.24) is 29.3 Å². The highest BCUT2D eigenvalue weighted by Crippen LogP contribution is 2.28. The maximum absolute atomic E-state index is 4.81. The number of hydrogen-bond acceptors (Lipinski definition) is 6. The van der Waals surface area contributed by atoms with Gasteiger partial charge in [0, 0.05) is 54.5 Å². The van der Waals surface area contributed by atoms with Crippen LogP contribution in [0.4, 0.5) is 5.82 Å². The Bertz CT molecular complexity index is 1200. The van der Waals surface area contributed by atoms with Gasteiger partial charge >= 0.3 is 0 Å². The molecule has 0 aliphatic rings. The zero-order valence-corrected chi connectivity index (χ0v) is 13.2. The Hall–Kier alpha value is -3.61. The van der Waals surface area contributed by atoms with Crippen molar-refractivity contribution in [3.8, 4) is 0 Å². The molecule has 0 fully saturated rings. The third-order valence-corrected chi connectivity index (χ3v) is 4.14. The van der Waals surface area contributed by atoms with Crippen LogP contribution >= 0.6 is 0 Å². The van der Waals surface area contributed by atoms with Gasteiger partial charge in [0.25, 0.3) is 0 Å². The van der Waals surface area contributed by atoms with Crippen molar-refractivity contribution >= 4 is 33.4 Å². The highest BCUT2D eigenvalue weighted by atomic mass is 15.1. The quantitative estimate of drug-likeness (QED) is 0.549. The second-order valence-corrected chi connectivity index (χ2v) is 5.69. The van der Waals surface area contributed by atoms with Crippen LogP contribution in [0.5, 0.6) is 0 Å². The Morgan fingerprint density at radius 3 is 2.72 bits per heavy atom. The number of fused-ring (bicyclic) bond motifs is 5. The standard InChI is InChI=1S/C18H13N7/c1-2-12(8-19-4-1)9-22-17-14-10-20-5-3-13(14)16-18(24-17)25-7-6-21-11-15(25)23-16/h1-8,10-11H,9H2,(H,22,24). The number of pyridine rings is 3. The summed E-state index contributed by atoms with van der Waals surface area (Å²) >= 11 is 0. The van der Waals surface area contributed by atoms with Crippen LogP contribution < -0.4 is 5.32 Å². The van der Waals surface area contributed by atoms with E-state index in [1.165, 1.54) is 0 Å². The van der Waals surface area contributed by atoms with Gasteiger partial charge in [0.2, 0.25) is 0 Å². The van der Waals surface area contributed by atoms with E-state index < -0.39 is 0 Å². The van der Waals surface area contributed by atoms with Crippen molar-refractivity contribution in [3.63, 3.8) is 0 Å². The lowest BCUT2D eigenvalue weighted by molar-refractivity contribution is 1.09. The smallest absolute Gasteiger partial charge is 0.167 e. The van der Waals surface area contributed by atoms with Gasteiger partial charge in [0.05, 0.1) is 6.20 Å². The van der Waals surface area contributed by atoms with Crippen LogP contribution in [-0.2, 0) is 6.54 Å². The van der Waals surface area contributed by atoms with E-state index in [2.05, 4.69) is 25.3 Å². The molecule has 7 nitrogen and oxygen atoms in total. The number of rotatable bonds is 3. The molecule has 0 aromatic carbocycles. The van der Waals surface area contributed by atoms with Crippen LogP contribution in [0.2, 0.25) is 0 Å². The monoisotopic (exact) mass is 327 g/mol. The Morgan fingerprint density at radius 1 is 0.880 bits per heavy atom. The summed E-state index contributed by atoms with van der Waals surface area (Å²) in [5, 5.41) is 5.35. The molecule has 0 radical (unpaired) electrons. The number of imidazole rings is 1. The van der Waals surface area contributed by atoms with Crippen molar-refractivity contribution in [1.29, 1.82) is 0 Å². The minimum atomic E-state index is 0.634. The van der Waals surface area contributed by atoms with Gasteiger partial charge < -0.3 is 5.32 Å². The number of anilines is 1. The summed E-state index contributed by atoms with van der Waals surface area (Å²) in [4.78, 5) is 22.0. The highest BCUT2D eigenvalue weighted by Gasteiger charge is 2.13. The van der Waals surface area contributed by atoms with Gasteiger partial charge in [-0.25, -0.2) is 9.97 Å². The summed E-state index contributed by atoms with van der Waals surface area (Å²) in [6.45, 7) is 0.634. The second-order valence-electron chi connectivity index (χ2n) is 5.69.